The second-order valence-corrected chi connectivity index (χ2v) is 5.23. The summed E-state index contributed by atoms with van der Waals surface area (Å²) in [6.07, 6.45) is 0.247. The molecule has 0 radical (unpaired) electrons. The molecule has 0 saturated carbocycles. The molecule has 0 amide bonds. The van der Waals surface area contributed by atoms with Crippen molar-refractivity contribution in [1.29, 1.82) is 0 Å². The van der Waals surface area contributed by atoms with Crippen molar-refractivity contribution in [1.82, 2.24) is 0 Å². The van der Waals surface area contributed by atoms with E-state index in [2.05, 4.69) is 0 Å². The molecule has 0 aliphatic carbocycles. The Hall–Kier alpha value is -2.29. The molecule has 2 rings (SSSR count). The van der Waals surface area contributed by atoms with Crippen LogP contribution >= 0.6 is 0 Å². The summed E-state index contributed by atoms with van der Waals surface area (Å²) in [5, 5.41) is 0. The molecule has 0 atom stereocenters. The first-order chi connectivity index (χ1) is 9.99. The number of hydrogen-bond donors (Lipinski definition) is 0. The lowest BCUT2D eigenvalue weighted by Gasteiger charge is -2.11. The number of rotatable bonds is 4. The minimum atomic E-state index is -0.254. The summed E-state index contributed by atoms with van der Waals surface area (Å²) < 4.78 is 10.6. The summed E-state index contributed by atoms with van der Waals surface area (Å²) >= 11 is 0. The second-order valence-electron chi connectivity index (χ2n) is 5.23. The number of methoxy groups -OCH3 is 1. The SMILES string of the molecule is COc1ccc(CC(=O)Oc2c(C)cc(C)cc2C)cc1. The van der Waals surface area contributed by atoms with Gasteiger partial charge in [-0.1, -0.05) is 29.8 Å². The van der Waals surface area contributed by atoms with Crippen LogP contribution in [0, 0.1) is 20.8 Å². The van der Waals surface area contributed by atoms with Gasteiger partial charge in [0.25, 0.3) is 0 Å². The van der Waals surface area contributed by atoms with Crippen molar-refractivity contribution in [2.24, 2.45) is 0 Å². The van der Waals surface area contributed by atoms with Crippen molar-refractivity contribution < 1.29 is 14.3 Å². The van der Waals surface area contributed by atoms with Crippen molar-refractivity contribution in [3.63, 3.8) is 0 Å². The number of aryl methyl sites for hydroxylation is 3. The van der Waals surface area contributed by atoms with E-state index in [1.807, 2.05) is 57.2 Å². The highest BCUT2D eigenvalue weighted by Crippen LogP contribution is 2.25. The van der Waals surface area contributed by atoms with Crippen LogP contribution < -0.4 is 9.47 Å². The van der Waals surface area contributed by atoms with E-state index in [9.17, 15) is 4.79 Å². The van der Waals surface area contributed by atoms with Gasteiger partial charge < -0.3 is 9.47 Å². The molecule has 0 unspecified atom stereocenters. The summed E-state index contributed by atoms with van der Waals surface area (Å²) in [6, 6.07) is 11.5. The zero-order chi connectivity index (χ0) is 15.4. The van der Waals surface area contributed by atoms with E-state index in [1.165, 1.54) is 5.56 Å². The van der Waals surface area contributed by atoms with Crippen molar-refractivity contribution in [3.8, 4) is 11.5 Å². The van der Waals surface area contributed by atoms with Gasteiger partial charge in [0.15, 0.2) is 0 Å². The molecule has 0 saturated heterocycles. The van der Waals surface area contributed by atoms with Gasteiger partial charge in [-0.15, -0.1) is 0 Å². The first-order valence-electron chi connectivity index (χ1n) is 6.91. The van der Waals surface area contributed by atoms with Crippen LogP contribution in [-0.4, -0.2) is 13.1 Å². The Bertz CT molecular complexity index is 619. The summed E-state index contributed by atoms with van der Waals surface area (Å²) in [5.74, 6) is 1.19. The highest BCUT2D eigenvalue weighted by molar-refractivity contribution is 5.76. The molecule has 3 nitrogen and oxygen atoms in total. The molecule has 2 aromatic rings. The van der Waals surface area contributed by atoms with E-state index < -0.39 is 0 Å². The molecule has 0 spiro atoms. The fraction of sp³-hybridized carbons (Fsp3) is 0.278. The normalized spacial score (nSPS) is 10.3. The smallest absolute Gasteiger partial charge is 0.315 e. The summed E-state index contributed by atoms with van der Waals surface area (Å²) in [4.78, 5) is 12.1. The van der Waals surface area contributed by atoms with Gasteiger partial charge in [0, 0.05) is 0 Å². The van der Waals surface area contributed by atoms with Crippen molar-refractivity contribution >= 4 is 5.97 Å². The molecule has 110 valence electrons. The Morgan fingerprint density at radius 1 is 1.00 bits per heavy atom. The van der Waals surface area contributed by atoms with Crippen LogP contribution in [0.3, 0.4) is 0 Å². The van der Waals surface area contributed by atoms with Crippen LogP contribution in [0.15, 0.2) is 36.4 Å². The maximum atomic E-state index is 12.1. The summed E-state index contributed by atoms with van der Waals surface area (Å²) in [6.45, 7) is 5.94. The van der Waals surface area contributed by atoms with E-state index >= 15 is 0 Å². The molecular formula is C18H20O3. The van der Waals surface area contributed by atoms with E-state index in [-0.39, 0.29) is 12.4 Å². The monoisotopic (exact) mass is 284 g/mol. The molecule has 0 aliphatic heterocycles. The predicted octanol–water partition coefficient (Wildman–Crippen LogP) is 3.77. The predicted molar refractivity (Wildman–Crippen MR) is 83.0 cm³/mol. The molecular weight excluding hydrogens is 264 g/mol. The van der Waals surface area contributed by atoms with Gasteiger partial charge in [-0.3, -0.25) is 4.79 Å². The van der Waals surface area contributed by atoms with E-state index in [0.29, 0.717) is 5.75 Å². The Morgan fingerprint density at radius 3 is 2.10 bits per heavy atom. The Labute approximate surface area is 125 Å². The third-order valence-electron chi connectivity index (χ3n) is 3.33. The van der Waals surface area contributed by atoms with Gasteiger partial charge in [-0.25, -0.2) is 0 Å². The molecule has 0 fully saturated rings. The topological polar surface area (TPSA) is 35.5 Å². The Kier molecular flexibility index (Phi) is 4.63. The van der Waals surface area contributed by atoms with Gasteiger partial charge in [-0.05, 0) is 49.6 Å². The van der Waals surface area contributed by atoms with Gasteiger partial charge in [0.05, 0.1) is 13.5 Å². The molecule has 21 heavy (non-hydrogen) atoms. The largest absolute Gasteiger partial charge is 0.497 e. The molecule has 0 heterocycles. The molecule has 0 N–H and O–H groups in total. The first-order valence-corrected chi connectivity index (χ1v) is 6.91. The minimum Gasteiger partial charge on any atom is -0.497 e. The second kappa shape index (κ2) is 6.44. The molecule has 0 aliphatic rings. The van der Waals surface area contributed by atoms with Crippen molar-refractivity contribution in [2.45, 2.75) is 27.2 Å². The number of carbonyl (C=O) groups is 1. The fourth-order valence-electron chi connectivity index (χ4n) is 2.39. The van der Waals surface area contributed by atoms with Gasteiger partial charge in [0.1, 0.15) is 11.5 Å². The first kappa shape index (κ1) is 15.1. The molecule has 2 aromatic carbocycles. The maximum absolute atomic E-state index is 12.1. The Balaban J connectivity index is 2.08. The lowest BCUT2D eigenvalue weighted by atomic mass is 10.1. The number of carbonyl (C=O) groups excluding carboxylic acids is 1. The van der Waals surface area contributed by atoms with Crippen molar-refractivity contribution in [3.05, 3.63) is 58.7 Å². The van der Waals surface area contributed by atoms with E-state index in [0.717, 1.165) is 22.4 Å². The number of hydrogen-bond acceptors (Lipinski definition) is 3. The molecule has 0 bridgehead atoms. The summed E-state index contributed by atoms with van der Waals surface area (Å²) in [5.41, 5.74) is 4.04. The van der Waals surface area contributed by atoms with Gasteiger partial charge in [0.2, 0.25) is 0 Å². The third kappa shape index (κ3) is 3.85. The van der Waals surface area contributed by atoms with Crippen LogP contribution in [0.5, 0.6) is 11.5 Å². The zero-order valence-corrected chi connectivity index (χ0v) is 12.9. The average Bonchev–Trinajstić information content (AvgIpc) is 2.43. The van der Waals surface area contributed by atoms with Crippen LogP contribution in [0.2, 0.25) is 0 Å². The lowest BCUT2D eigenvalue weighted by molar-refractivity contribution is -0.133. The standard InChI is InChI=1S/C18H20O3/c1-12-9-13(2)18(14(3)10-12)21-17(19)11-15-5-7-16(20-4)8-6-15/h5-10H,11H2,1-4H3. The lowest BCUT2D eigenvalue weighted by Crippen LogP contribution is -2.12. The Morgan fingerprint density at radius 2 is 1.57 bits per heavy atom. The van der Waals surface area contributed by atoms with Gasteiger partial charge >= 0.3 is 5.97 Å². The van der Waals surface area contributed by atoms with Gasteiger partial charge in [-0.2, -0.15) is 0 Å². The highest BCUT2D eigenvalue weighted by Gasteiger charge is 2.11. The van der Waals surface area contributed by atoms with Crippen LogP contribution in [0.1, 0.15) is 22.3 Å². The third-order valence-corrected chi connectivity index (χ3v) is 3.33. The number of benzene rings is 2. The fourth-order valence-corrected chi connectivity index (χ4v) is 2.39. The van der Waals surface area contributed by atoms with Crippen LogP contribution in [-0.2, 0) is 11.2 Å². The maximum Gasteiger partial charge on any atom is 0.315 e. The molecule has 3 heteroatoms. The van der Waals surface area contributed by atoms with E-state index in [4.69, 9.17) is 9.47 Å². The van der Waals surface area contributed by atoms with Crippen LogP contribution in [0.25, 0.3) is 0 Å². The highest BCUT2D eigenvalue weighted by atomic mass is 16.5. The van der Waals surface area contributed by atoms with Crippen molar-refractivity contribution in [2.75, 3.05) is 7.11 Å². The quantitative estimate of drug-likeness (QED) is 0.633. The average molecular weight is 284 g/mol. The van der Waals surface area contributed by atoms with Crippen LogP contribution in [0.4, 0.5) is 0 Å². The summed E-state index contributed by atoms with van der Waals surface area (Å²) in [7, 11) is 1.62. The number of esters is 1. The van der Waals surface area contributed by atoms with E-state index in [1.54, 1.807) is 7.11 Å². The minimum absolute atomic E-state index is 0.247. The number of ether oxygens (including phenoxy) is 2. The molecule has 0 aromatic heterocycles. The zero-order valence-electron chi connectivity index (χ0n) is 12.9.